The van der Waals surface area contributed by atoms with Crippen LogP contribution < -0.4 is 5.32 Å². The number of nitro groups is 1. The average molecular weight is 458 g/mol. The molecule has 164 valence electrons. The Kier molecular flexibility index (Phi) is 5.54. The van der Waals surface area contributed by atoms with E-state index in [1.54, 1.807) is 24.5 Å². The molecule has 0 radical (unpaired) electrons. The van der Waals surface area contributed by atoms with E-state index in [1.165, 1.54) is 12.1 Å². The lowest BCUT2D eigenvalue weighted by atomic mass is 10.0. The zero-order valence-corrected chi connectivity index (χ0v) is 18.2. The molecule has 1 aliphatic rings. The van der Waals surface area contributed by atoms with Crippen molar-refractivity contribution < 1.29 is 9.34 Å². The second-order valence-electron chi connectivity index (χ2n) is 7.58. The van der Waals surface area contributed by atoms with Gasteiger partial charge in [-0.15, -0.1) is 0 Å². The van der Waals surface area contributed by atoms with Crippen molar-refractivity contribution in [3.63, 3.8) is 0 Å². The summed E-state index contributed by atoms with van der Waals surface area (Å²) >= 11 is 5.69. The maximum absolute atomic E-state index is 11.0. The largest absolute Gasteiger partial charge is 0.459 e. The summed E-state index contributed by atoms with van der Waals surface area (Å²) < 4.78 is 6.26. The number of pyridine rings is 2. The number of nitrogens with zero attached hydrogens (tertiary/aromatic N) is 4. The minimum Gasteiger partial charge on any atom is -0.459 e. The minimum atomic E-state index is -0.421. The number of nitro benzene ring substituents is 1. The molecule has 1 saturated heterocycles. The SMILES string of the molecule is O=[N+]([O-])c1ccc(-c2ccc([C@@H]3[C@H](c4ccccn4)NC(=S)N3Cc3ccccn3)o2)cc1. The summed E-state index contributed by atoms with van der Waals surface area (Å²) in [5.41, 5.74) is 2.52. The first-order chi connectivity index (χ1) is 16.1. The standard InChI is InChI=1S/C24H19N5O3S/c30-29(31)18-9-7-16(8-10-18)20-11-12-21(32-20)23-22(19-6-2-4-14-26-19)27-24(33)28(23)15-17-5-1-3-13-25-17/h1-14,22-23H,15H2,(H,27,33)/t22-,23+/m0/s1. The Morgan fingerprint density at radius 3 is 2.42 bits per heavy atom. The summed E-state index contributed by atoms with van der Waals surface area (Å²) in [7, 11) is 0. The highest BCUT2D eigenvalue weighted by Crippen LogP contribution is 2.41. The molecule has 0 bridgehead atoms. The number of aromatic nitrogens is 2. The fourth-order valence-electron chi connectivity index (χ4n) is 3.97. The Morgan fingerprint density at radius 2 is 1.76 bits per heavy atom. The van der Waals surface area contributed by atoms with Crippen LogP contribution in [0.4, 0.5) is 5.69 Å². The van der Waals surface area contributed by atoms with Gasteiger partial charge in [-0.1, -0.05) is 12.1 Å². The van der Waals surface area contributed by atoms with Gasteiger partial charge < -0.3 is 14.6 Å². The molecule has 4 heterocycles. The summed E-state index contributed by atoms with van der Waals surface area (Å²) in [6, 6.07) is 21.2. The molecular formula is C24H19N5O3S. The lowest BCUT2D eigenvalue weighted by molar-refractivity contribution is -0.384. The molecule has 0 saturated carbocycles. The van der Waals surface area contributed by atoms with Crippen LogP contribution in [0, 0.1) is 10.1 Å². The third-order valence-electron chi connectivity index (χ3n) is 5.54. The Labute approximate surface area is 195 Å². The van der Waals surface area contributed by atoms with Gasteiger partial charge in [-0.2, -0.15) is 0 Å². The van der Waals surface area contributed by atoms with Crippen molar-refractivity contribution in [2.45, 2.75) is 18.6 Å². The Bertz CT molecular complexity index is 1280. The highest BCUT2D eigenvalue weighted by Gasteiger charge is 2.41. The number of rotatable bonds is 6. The van der Waals surface area contributed by atoms with Crippen LogP contribution in [0.3, 0.4) is 0 Å². The number of hydrogen-bond donors (Lipinski definition) is 1. The summed E-state index contributed by atoms with van der Waals surface area (Å²) in [4.78, 5) is 21.6. The van der Waals surface area contributed by atoms with Crippen LogP contribution in [-0.4, -0.2) is 24.9 Å². The van der Waals surface area contributed by atoms with Crippen LogP contribution in [-0.2, 0) is 6.54 Å². The highest BCUT2D eigenvalue weighted by molar-refractivity contribution is 7.80. The molecule has 0 spiro atoms. The zero-order chi connectivity index (χ0) is 22.8. The van der Waals surface area contributed by atoms with E-state index in [-0.39, 0.29) is 17.8 Å². The molecule has 9 heteroatoms. The van der Waals surface area contributed by atoms with Gasteiger partial charge in [0.25, 0.3) is 5.69 Å². The van der Waals surface area contributed by atoms with E-state index in [9.17, 15) is 10.1 Å². The van der Waals surface area contributed by atoms with Crippen molar-refractivity contribution in [1.29, 1.82) is 0 Å². The normalized spacial score (nSPS) is 17.7. The smallest absolute Gasteiger partial charge is 0.269 e. The van der Waals surface area contributed by atoms with E-state index in [4.69, 9.17) is 16.6 Å². The predicted octanol–water partition coefficient (Wildman–Crippen LogP) is 4.82. The maximum atomic E-state index is 11.0. The van der Waals surface area contributed by atoms with Gasteiger partial charge in [0.1, 0.15) is 17.6 Å². The summed E-state index contributed by atoms with van der Waals surface area (Å²) in [5, 5.41) is 14.9. The van der Waals surface area contributed by atoms with Crippen molar-refractivity contribution in [3.8, 4) is 11.3 Å². The Balaban J connectivity index is 1.51. The minimum absolute atomic E-state index is 0.0348. The molecule has 4 aromatic rings. The fraction of sp³-hybridized carbons (Fsp3) is 0.125. The van der Waals surface area contributed by atoms with Crippen molar-refractivity contribution >= 4 is 23.0 Å². The van der Waals surface area contributed by atoms with Gasteiger partial charge in [0.05, 0.1) is 28.9 Å². The van der Waals surface area contributed by atoms with Crippen LogP contribution in [0.25, 0.3) is 11.3 Å². The van der Waals surface area contributed by atoms with Gasteiger partial charge in [-0.3, -0.25) is 20.1 Å². The molecule has 1 aromatic carbocycles. The summed E-state index contributed by atoms with van der Waals surface area (Å²) in [6.07, 6.45) is 3.51. The van der Waals surface area contributed by atoms with Gasteiger partial charge in [0.15, 0.2) is 5.11 Å². The molecule has 2 atom stereocenters. The Hall–Kier alpha value is -4.11. The molecule has 1 N–H and O–H groups in total. The van der Waals surface area contributed by atoms with Gasteiger partial charge in [0.2, 0.25) is 0 Å². The quantitative estimate of drug-likeness (QED) is 0.250. The third-order valence-corrected chi connectivity index (χ3v) is 5.89. The highest BCUT2D eigenvalue weighted by atomic mass is 32.1. The van der Waals surface area contributed by atoms with Crippen molar-refractivity contribution in [3.05, 3.63) is 112 Å². The van der Waals surface area contributed by atoms with E-state index in [1.807, 2.05) is 48.5 Å². The van der Waals surface area contributed by atoms with Crippen LogP contribution in [0.15, 0.2) is 89.6 Å². The molecule has 1 fully saturated rings. The number of hydrogen-bond acceptors (Lipinski definition) is 6. The topological polar surface area (TPSA) is 97.3 Å². The van der Waals surface area contributed by atoms with Crippen molar-refractivity contribution in [2.24, 2.45) is 0 Å². The molecule has 5 rings (SSSR count). The molecule has 0 unspecified atom stereocenters. The zero-order valence-electron chi connectivity index (χ0n) is 17.4. The number of benzene rings is 1. The first kappa shape index (κ1) is 20.8. The second-order valence-corrected chi connectivity index (χ2v) is 7.97. The van der Waals surface area contributed by atoms with Crippen LogP contribution in [0.5, 0.6) is 0 Å². The molecule has 0 aliphatic carbocycles. The van der Waals surface area contributed by atoms with E-state index in [0.29, 0.717) is 23.2 Å². The monoisotopic (exact) mass is 457 g/mol. The lowest BCUT2D eigenvalue weighted by Crippen LogP contribution is -2.29. The number of nitrogens with one attached hydrogen (secondary N) is 1. The second kappa shape index (κ2) is 8.79. The molecule has 33 heavy (non-hydrogen) atoms. The van der Waals surface area contributed by atoms with E-state index < -0.39 is 4.92 Å². The van der Waals surface area contributed by atoms with Gasteiger partial charge >= 0.3 is 0 Å². The van der Waals surface area contributed by atoms with E-state index in [2.05, 4.69) is 20.2 Å². The van der Waals surface area contributed by atoms with Crippen LogP contribution in [0.1, 0.15) is 29.2 Å². The van der Waals surface area contributed by atoms with Crippen LogP contribution in [0.2, 0.25) is 0 Å². The summed E-state index contributed by atoms with van der Waals surface area (Å²) in [5.74, 6) is 1.33. The van der Waals surface area contributed by atoms with E-state index in [0.717, 1.165) is 17.0 Å². The molecule has 3 aromatic heterocycles. The number of non-ortho nitro benzene ring substituents is 1. The van der Waals surface area contributed by atoms with Gasteiger partial charge in [-0.05, 0) is 60.7 Å². The van der Waals surface area contributed by atoms with Gasteiger partial charge in [0, 0.05) is 30.1 Å². The predicted molar refractivity (Wildman–Crippen MR) is 126 cm³/mol. The molecular weight excluding hydrogens is 438 g/mol. The van der Waals surface area contributed by atoms with Crippen molar-refractivity contribution in [2.75, 3.05) is 0 Å². The fourth-order valence-corrected chi connectivity index (χ4v) is 4.27. The molecule has 1 aliphatic heterocycles. The average Bonchev–Trinajstić information content (AvgIpc) is 3.45. The molecule has 0 amide bonds. The first-order valence-corrected chi connectivity index (χ1v) is 10.7. The first-order valence-electron chi connectivity index (χ1n) is 10.3. The number of thiocarbonyl (C=S) groups is 1. The van der Waals surface area contributed by atoms with Crippen LogP contribution >= 0.6 is 12.2 Å². The number of furan rings is 1. The third kappa shape index (κ3) is 4.18. The molecule has 8 nitrogen and oxygen atoms in total. The summed E-state index contributed by atoms with van der Waals surface area (Å²) in [6.45, 7) is 0.508. The Morgan fingerprint density at radius 1 is 1.00 bits per heavy atom. The van der Waals surface area contributed by atoms with Gasteiger partial charge in [-0.25, -0.2) is 0 Å². The maximum Gasteiger partial charge on any atom is 0.269 e. The lowest BCUT2D eigenvalue weighted by Gasteiger charge is -2.25. The van der Waals surface area contributed by atoms with E-state index >= 15 is 0 Å². The van der Waals surface area contributed by atoms with Crippen molar-refractivity contribution in [1.82, 2.24) is 20.2 Å².